The highest BCUT2D eigenvalue weighted by Crippen LogP contribution is 2.24. The largest absolute Gasteiger partial charge is 0.355 e. The van der Waals surface area contributed by atoms with Gasteiger partial charge in [-0.05, 0) is 34.1 Å². The molecule has 0 unspecified atom stereocenters. The van der Waals surface area contributed by atoms with Crippen LogP contribution in [0.3, 0.4) is 0 Å². The first-order chi connectivity index (χ1) is 7.20. The fourth-order valence-electron chi connectivity index (χ4n) is 1.55. The van der Waals surface area contributed by atoms with Gasteiger partial charge in [0, 0.05) is 18.8 Å². The van der Waals surface area contributed by atoms with Crippen molar-refractivity contribution in [1.82, 2.24) is 0 Å². The minimum atomic E-state index is -0.260. The molecule has 0 radical (unpaired) electrons. The Morgan fingerprint density at radius 2 is 2.40 bits per heavy atom. The summed E-state index contributed by atoms with van der Waals surface area (Å²) >= 11 is 3.12. The van der Waals surface area contributed by atoms with Crippen molar-refractivity contribution < 1.29 is 9.13 Å². The number of ether oxygens (including phenoxy) is 1. The van der Waals surface area contributed by atoms with E-state index < -0.39 is 0 Å². The van der Waals surface area contributed by atoms with Gasteiger partial charge in [-0.1, -0.05) is 0 Å². The van der Waals surface area contributed by atoms with Crippen LogP contribution in [0.1, 0.15) is 0 Å². The fourth-order valence-corrected chi connectivity index (χ4v) is 1.80. The van der Waals surface area contributed by atoms with Gasteiger partial charge >= 0.3 is 0 Å². The average Bonchev–Trinajstić information content (AvgIpc) is 2.70. The molecule has 1 saturated heterocycles. The normalized spacial score (nSPS) is 21.0. The van der Waals surface area contributed by atoms with Crippen LogP contribution >= 0.6 is 15.9 Å². The molecule has 1 aliphatic rings. The molecule has 2 rings (SSSR count). The summed E-state index contributed by atoms with van der Waals surface area (Å²) < 4.78 is 19.2. The monoisotopic (exact) mass is 274 g/mol. The Balaban J connectivity index is 2.13. The molecule has 5 heteroatoms. The third kappa shape index (κ3) is 2.30. The molecule has 0 amide bonds. The van der Waals surface area contributed by atoms with Crippen molar-refractivity contribution in [3.05, 3.63) is 28.5 Å². The van der Waals surface area contributed by atoms with Gasteiger partial charge in [0.15, 0.2) is 0 Å². The van der Waals surface area contributed by atoms with Crippen LogP contribution in [0, 0.1) is 5.82 Å². The topological polar surface area (TPSA) is 38.5 Å². The van der Waals surface area contributed by atoms with Gasteiger partial charge in [-0.25, -0.2) is 4.39 Å². The number of halogens is 2. The number of nitrogens with two attached hydrogens (primary N) is 1. The standard InChI is InChI=1S/C10H12BrFN2O/c11-9-2-1-7(3-10(9)12)14-5-8(4-13)15-6-14/h1-3,8H,4-6,13H2/t8-/m0/s1. The molecule has 1 aromatic carbocycles. The van der Waals surface area contributed by atoms with Crippen molar-refractivity contribution in [2.45, 2.75) is 6.10 Å². The molecule has 3 nitrogen and oxygen atoms in total. The zero-order valence-corrected chi connectivity index (χ0v) is 9.71. The molecule has 1 heterocycles. The molecule has 0 bridgehead atoms. The van der Waals surface area contributed by atoms with Gasteiger partial charge in [-0.15, -0.1) is 0 Å². The number of benzene rings is 1. The minimum absolute atomic E-state index is 0.0525. The second-order valence-electron chi connectivity index (χ2n) is 3.47. The van der Waals surface area contributed by atoms with Gasteiger partial charge in [-0.2, -0.15) is 0 Å². The second-order valence-corrected chi connectivity index (χ2v) is 4.33. The summed E-state index contributed by atoms with van der Waals surface area (Å²) in [7, 11) is 0. The molecule has 0 saturated carbocycles. The Bertz CT molecular complexity index is 361. The van der Waals surface area contributed by atoms with Gasteiger partial charge < -0.3 is 15.4 Å². The van der Waals surface area contributed by atoms with Gasteiger partial charge in [0.25, 0.3) is 0 Å². The maximum Gasteiger partial charge on any atom is 0.139 e. The zero-order chi connectivity index (χ0) is 10.8. The van der Waals surface area contributed by atoms with E-state index in [0.29, 0.717) is 17.7 Å². The molecule has 82 valence electrons. The maximum atomic E-state index is 13.3. The van der Waals surface area contributed by atoms with Crippen LogP contribution in [0.25, 0.3) is 0 Å². The smallest absolute Gasteiger partial charge is 0.139 e. The molecule has 0 aromatic heterocycles. The Morgan fingerprint density at radius 3 is 3.00 bits per heavy atom. The molecule has 1 fully saturated rings. The van der Waals surface area contributed by atoms with E-state index >= 15 is 0 Å². The molecule has 1 aliphatic heterocycles. The van der Waals surface area contributed by atoms with E-state index in [-0.39, 0.29) is 11.9 Å². The summed E-state index contributed by atoms with van der Waals surface area (Å²) in [5, 5.41) is 0. The van der Waals surface area contributed by atoms with E-state index in [9.17, 15) is 4.39 Å². The van der Waals surface area contributed by atoms with Gasteiger partial charge in [-0.3, -0.25) is 0 Å². The van der Waals surface area contributed by atoms with Crippen LogP contribution in [0.5, 0.6) is 0 Å². The van der Waals surface area contributed by atoms with Crippen molar-refractivity contribution in [3.8, 4) is 0 Å². The average molecular weight is 275 g/mol. The fraction of sp³-hybridized carbons (Fsp3) is 0.400. The lowest BCUT2D eigenvalue weighted by Crippen LogP contribution is -2.26. The Labute approximate surface area is 96.1 Å². The van der Waals surface area contributed by atoms with E-state index in [1.54, 1.807) is 6.07 Å². The minimum Gasteiger partial charge on any atom is -0.355 e. The van der Waals surface area contributed by atoms with Crippen LogP contribution < -0.4 is 10.6 Å². The van der Waals surface area contributed by atoms with E-state index in [1.165, 1.54) is 6.07 Å². The number of nitrogens with zero attached hydrogens (tertiary/aromatic N) is 1. The number of hydrogen-bond acceptors (Lipinski definition) is 3. The van der Waals surface area contributed by atoms with Crippen molar-refractivity contribution in [2.75, 3.05) is 24.7 Å². The summed E-state index contributed by atoms with van der Waals surface area (Å²) in [4.78, 5) is 1.97. The SMILES string of the molecule is NC[C@H]1CN(c2ccc(Br)c(F)c2)CO1. The first kappa shape index (κ1) is 10.9. The van der Waals surface area contributed by atoms with Crippen molar-refractivity contribution in [2.24, 2.45) is 5.73 Å². The Kier molecular flexibility index (Phi) is 3.23. The predicted octanol–water partition coefficient (Wildman–Crippen LogP) is 1.71. The summed E-state index contributed by atoms with van der Waals surface area (Å²) in [5.41, 5.74) is 6.32. The molecule has 2 N–H and O–H groups in total. The maximum absolute atomic E-state index is 13.3. The quantitative estimate of drug-likeness (QED) is 0.893. The zero-order valence-electron chi connectivity index (χ0n) is 8.12. The molecule has 1 aromatic rings. The van der Waals surface area contributed by atoms with Gasteiger partial charge in [0.1, 0.15) is 12.5 Å². The van der Waals surface area contributed by atoms with E-state index in [1.807, 2.05) is 11.0 Å². The Hall–Kier alpha value is -0.650. The van der Waals surface area contributed by atoms with E-state index in [4.69, 9.17) is 10.5 Å². The number of rotatable bonds is 2. The third-order valence-corrected chi connectivity index (χ3v) is 3.06. The highest BCUT2D eigenvalue weighted by atomic mass is 79.9. The predicted molar refractivity (Wildman–Crippen MR) is 60.2 cm³/mol. The van der Waals surface area contributed by atoms with Crippen LogP contribution in [0.15, 0.2) is 22.7 Å². The van der Waals surface area contributed by atoms with Crippen molar-refractivity contribution in [1.29, 1.82) is 0 Å². The molecule has 1 atom stereocenters. The molecular weight excluding hydrogens is 263 g/mol. The molecule has 0 aliphatic carbocycles. The summed E-state index contributed by atoms with van der Waals surface area (Å²) in [6.07, 6.45) is 0.0525. The van der Waals surface area contributed by atoms with Gasteiger partial charge in [0.2, 0.25) is 0 Å². The second kappa shape index (κ2) is 4.47. The van der Waals surface area contributed by atoms with Gasteiger partial charge in [0.05, 0.1) is 10.6 Å². The first-order valence-electron chi connectivity index (χ1n) is 4.72. The summed E-state index contributed by atoms with van der Waals surface area (Å²) in [6.45, 7) is 1.69. The van der Waals surface area contributed by atoms with E-state index in [2.05, 4.69) is 15.9 Å². The van der Waals surface area contributed by atoms with Crippen LogP contribution in [0.4, 0.5) is 10.1 Å². The highest BCUT2D eigenvalue weighted by Gasteiger charge is 2.22. The van der Waals surface area contributed by atoms with Crippen LogP contribution in [-0.4, -0.2) is 25.9 Å². The summed E-state index contributed by atoms with van der Waals surface area (Å²) in [5.74, 6) is -0.260. The van der Waals surface area contributed by atoms with Crippen molar-refractivity contribution in [3.63, 3.8) is 0 Å². The number of anilines is 1. The highest BCUT2D eigenvalue weighted by molar-refractivity contribution is 9.10. The lowest BCUT2D eigenvalue weighted by molar-refractivity contribution is 0.122. The first-order valence-corrected chi connectivity index (χ1v) is 5.51. The Morgan fingerprint density at radius 1 is 1.60 bits per heavy atom. The van der Waals surface area contributed by atoms with Crippen LogP contribution in [-0.2, 0) is 4.74 Å². The number of hydrogen-bond donors (Lipinski definition) is 1. The van der Waals surface area contributed by atoms with Crippen LogP contribution in [0.2, 0.25) is 0 Å². The molecule has 0 spiro atoms. The molecular formula is C10H12BrFN2O. The van der Waals surface area contributed by atoms with E-state index in [0.717, 1.165) is 12.2 Å². The lowest BCUT2D eigenvalue weighted by Gasteiger charge is -2.16. The third-order valence-electron chi connectivity index (χ3n) is 2.42. The molecule has 15 heavy (non-hydrogen) atoms. The van der Waals surface area contributed by atoms with Crippen molar-refractivity contribution >= 4 is 21.6 Å². The summed E-state index contributed by atoms with van der Waals surface area (Å²) in [6, 6.07) is 5.04. The lowest BCUT2D eigenvalue weighted by atomic mass is 10.2.